The van der Waals surface area contributed by atoms with E-state index < -0.39 is 0 Å². The minimum absolute atomic E-state index is 0.0100. The number of hydrogen-bond donors (Lipinski definition) is 2. The molecule has 0 aromatic heterocycles. The van der Waals surface area contributed by atoms with Crippen LogP contribution in [-0.4, -0.2) is 41.6 Å². The van der Waals surface area contributed by atoms with Gasteiger partial charge in [-0.05, 0) is 50.4 Å². The van der Waals surface area contributed by atoms with E-state index in [1.807, 2.05) is 11.8 Å². The van der Waals surface area contributed by atoms with Crippen molar-refractivity contribution in [3.63, 3.8) is 0 Å². The van der Waals surface area contributed by atoms with E-state index >= 15 is 0 Å². The van der Waals surface area contributed by atoms with Crippen LogP contribution in [0.15, 0.2) is 18.2 Å². The highest BCUT2D eigenvalue weighted by Gasteiger charge is 2.22. The molecule has 2 N–H and O–H groups in total. The van der Waals surface area contributed by atoms with Crippen LogP contribution in [-0.2, 0) is 0 Å². The van der Waals surface area contributed by atoms with Crippen molar-refractivity contribution in [2.75, 3.05) is 19.6 Å². The third-order valence-corrected chi connectivity index (χ3v) is 3.84. The lowest BCUT2D eigenvalue weighted by molar-refractivity contribution is 0.0741. The molecule has 0 bridgehead atoms. The van der Waals surface area contributed by atoms with Crippen molar-refractivity contribution in [2.24, 2.45) is 0 Å². The molecule has 4 heteroatoms. The molecule has 1 atom stereocenters. The van der Waals surface area contributed by atoms with E-state index in [9.17, 15) is 9.90 Å². The predicted molar refractivity (Wildman–Crippen MR) is 80.1 cm³/mol. The van der Waals surface area contributed by atoms with Gasteiger partial charge < -0.3 is 15.3 Å². The average molecular weight is 276 g/mol. The highest BCUT2D eigenvalue weighted by atomic mass is 16.3. The maximum Gasteiger partial charge on any atom is 0.254 e. The molecule has 1 heterocycles. The van der Waals surface area contributed by atoms with Gasteiger partial charge in [0.25, 0.3) is 5.91 Å². The minimum Gasteiger partial charge on any atom is -0.508 e. The van der Waals surface area contributed by atoms with Crippen LogP contribution in [0.5, 0.6) is 5.75 Å². The van der Waals surface area contributed by atoms with Crippen LogP contribution in [0.4, 0.5) is 0 Å². The fourth-order valence-electron chi connectivity index (χ4n) is 2.65. The van der Waals surface area contributed by atoms with Gasteiger partial charge in [-0.1, -0.05) is 13.0 Å². The third-order valence-electron chi connectivity index (χ3n) is 3.84. The number of carbonyl (C=O) groups excluding carboxylic acids is 1. The van der Waals surface area contributed by atoms with Crippen LogP contribution in [0, 0.1) is 6.92 Å². The molecule has 2 rings (SSSR count). The van der Waals surface area contributed by atoms with Gasteiger partial charge in [-0.3, -0.25) is 4.79 Å². The summed E-state index contributed by atoms with van der Waals surface area (Å²) in [6, 6.07) is 5.56. The molecule has 1 aliphatic heterocycles. The summed E-state index contributed by atoms with van der Waals surface area (Å²) in [7, 11) is 0. The molecule has 4 nitrogen and oxygen atoms in total. The topological polar surface area (TPSA) is 52.6 Å². The molecule has 1 aromatic rings. The Morgan fingerprint density at radius 2 is 2.30 bits per heavy atom. The summed E-state index contributed by atoms with van der Waals surface area (Å²) < 4.78 is 0. The Kier molecular flexibility index (Phi) is 5.01. The molecule has 1 fully saturated rings. The molecule has 1 aromatic carbocycles. The molecule has 0 radical (unpaired) electrons. The van der Waals surface area contributed by atoms with Gasteiger partial charge in [0.2, 0.25) is 0 Å². The smallest absolute Gasteiger partial charge is 0.254 e. The van der Waals surface area contributed by atoms with Gasteiger partial charge in [0.15, 0.2) is 0 Å². The fourth-order valence-corrected chi connectivity index (χ4v) is 2.65. The van der Waals surface area contributed by atoms with Crippen molar-refractivity contribution in [3.05, 3.63) is 29.3 Å². The van der Waals surface area contributed by atoms with Gasteiger partial charge in [-0.25, -0.2) is 0 Å². The minimum atomic E-state index is 0.0100. The predicted octanol–water partition coefficient (Wildman–Crippen LogP) is 2.30. The Hall–Kier alpha value is -1.55. The number of phenols is 1. The quantitative estimate of drug-likeness (QED) is 0.867. The van der Waals surface area contributed by atoms with Crippen molar-refractivity contribution in [1.82, 2.24) is 10.2 Å². The van der Waals surface area contributed by atoms with Gasteiger partial charge in [0.1, 0.15) is 5.75 Å². The van der Waals surface area contributed by atoms with Crippen LogP contribution < -0.4 is 5.32 Å². The first-order chi connectivity index (χ1) is 9.61. The maximum atomic E-state index is 12.6. The SMILES string of the molecule is CCCN(CC1CCCN1)C(=O)c1ccc(C)c(O)c1. The first kappa shape index (κ1) is 14.9. The zero-order chi connectivity index (χ0) is 14.5. The van der Waals surface area contributed by atoms with Crippen LogP contribution in [0.3, 0.4) is 0 Å². The molecule has 0 saturated carbocycles. The summed E-state index contributed by atoms with van der Waals surface area (Å²) in [6.07, 6.45) is 3.26. The molecule has 0 spiro atoms. The third kappa shape index (κ3) is 3.51. The molecular formula is C16H24N2O2. The number of phenolic OH excluding ortho intramolecular Hbond substituents is 1. The van der Waals surface area contributed by atoms with E-state index in [1.165, 1.54) is 6.42 Å². The van der Waals surface area contributed by atoms with Crippen LogP contribution in [0.25, 0.3) is 0 Å². The Morgan fingerprint density at radius 3 is 2.90 bits per heavy atom. The maximum absolute atomic E-state index is 12.6. The summed E-state index contributed by atoms with van der Waals surface area (Å²) in [5.41, 5.74) is 1.36. The standard InChI is InChI=1S/C16H24N2O2/c1-3-9-18(11-14-5-4-8-17-14)16(20)13-7-6-12(2)15(19)10-13/h6-7,10,14,17,19H,3-5,8-9,11H2,1-2H3. The Labute approximate surface area is 120 Å². The van der Waals surface area contributed by atoms with Gasteiger partial charge >= 0.3 is 0 Å². The Balaban J connectivity index is 2.10. The zero-order valence-electron chi connectivity index (χ0n) is 12.4. The van der Waals surface area contributed by atoms with Crippen molar-refractivity contribution in [2.45, 2.75) is 39.2 Å². The van der Waals surface area contributed by atoms with Crippen LogP contribution >= 0.6 is 0 Å². The number of nitrogens with zero attached hydrogens (tertiary/aromatic N) is 1. The molecule has 110 valence electrons. The highest BCUT2D eigenvalue weighted by molar-refractivity contribution is 5.94. The average Bonchev–Trinajstić information content (AvgIpc) is 2.93. The number of rotatable bonds is 5. The lowest BCUT2D eigenvalue weighted by atomic mass is 10.1. The monoisotopic (exact) mass is 276 g/mol. The van der Waals surface area contributed by atoms with Crippen molar-refractivity contribution >= 4 is 5.91 Å². The van der Waals surface area contributed by atoms with Gasteiger partial charge in [0.05, 0.1) is 0 Å². The second-order valence-corrected chi connectivity index (χ2v) is 5.55. The zero-order valence-corrected chi connectivity index (χ0v) is 12.4. The number of nitrogens with one attached hydrogen (secondary N) is 1. The van der Waals surface area contributed by atoms with E-state index in [2.05, 4.69) is 12.2 Å². The van der Waals surface area contributed by atoms with E-state index in [-0.39, 0.29) is 11.7 Å². The van der Waals surface area contributed by atoms with Crippen molar-refractivity contribution < 1.29 is 9.90 Å². The number of benzene rings is 1. The number of amides is 1. The van der Waals surface area contributed by atoms with Crippen LogP contribution in [0.2, 0.25) is 0 Å². The lowest BCUT2D eigenvalue weighted by Gasteiger charge is -2.25. The molecule has 1 amide bonds. The summed E-state index contributed by atoms with van der Waals surface area (Å²) in [5.74, 6) is 0.196. The largest absolute Gasteiger partial charge is 0.508 e. The van der Waals surface area contributed by atoms with Gasteiger partial charge in [-0.2, -0.15) is 0 Å². The van der Waals surface area contributed by atoms with Crippen molar-refractivity contribution in [1.29, 1.82) is 0 Å². The summed E-state index contributed by atoms with van der Waals surface area (Å²) in [5, 5.41) is 13.2. The molecule has 1 saturated heterocycles. The first-order valence-corrected chi connectivity index (χ1v) is 7.44. The summed E-state index contributed by atoms with van der Waals surface area (Å²) >= 11 is 0. The molecule has 20 heavy (non-hydrogen) atoms. The van der Waals surface area contributed by atoms with E-state index in [0.717, 1.165) is 38.0 Å². The number of aromatic hydroxyl groups is 1. The van der Waals surface area contributed by atoms with E-state index in [4.69, 9.17) is 0 Å². The van der Waals surface area contributed by atoms with Crippen molar-refractivity contribution in [3.8, 4) is 5.75 Å². The molecular weight excluding hydrogens is 252 g/mol. The van der Waals surface area contributed by atoms with Crippen LogP contribution in [0.1, 0.15) is 42.1 Å². The first-order valence-electron chi connectivity index (χ1n) is 7.44. The molecule has 1 unspecified atom stereocenters. The summed E-state index contributed by atoms with van der Waals surface area (Å²) in [4.78, 5) is 14.5. The normalized spacial score (nSPS) is 18.2. The molecule has 1 aliphatic rings. The second kappa shape index (κ2) is 6.75. The highest BCUT2D eigenvalue weighted by Crippen LogP contribution is 2.19. The molecule has 0 aliphatic carbocycles. The van der Waals surface area contributed by atoms with Gasteiger partial charge in [-0.15, -0.1) is 0 Å². The fraction of sp³-hybridized carbons (Fsp3) is 0.562. The second-order valence-electron chi connectivity index (χ2n) is 5.55. The Bertz CT molecular complexity index is 468. The van der Waals surface area contributed by atoms with E-state index in [1.54, 1.807) is 18.2 Å². The number of hydrogen-bond acceptors (Lipinski definition) is 3. The number of carbonyl (C=O) groups is 1. The van der Waals surface area contributed by atoms with E-state index in [0.29, 0.717) is 11.6 Å². The number of aryl methyl sites for hydroxylation is 1. The summed E-state index contributed by atoms with van der Waals surface area (Å²) in [6.45, 7) is 6.46. The lowest BCUT2D eigenvalue weighted by Crippen LogP contribution is -2.41. The van der Waals surface area contributed by atoms with Gasteiger partial charge in [0, 0.05) is 24.7 Å². The Morgan fingerprint density at radius 1 is 1.50 bits per heavy atom.